The topological polar surface area (TPSA) is 261 Å². The van der Waals surface area contributed by atoms with Gasteiger partial charge < -0.3 is 19.1 Å². The third kappa shape index (κ3) is 13.8. The Balaban J connectivity index is 0.000000131. The summed E-state index contributed by atoms with van der Waals surface area (Å²) in [4.78, 5) is 41.3. The van der Waals surface area contributed by atoms with Crippen LogP contribution in [0.2, 0.25) is 0 Å². The lowest BCUT2D eigenvalue weighted by atomic mass is 9.82. The van der Waals surface area contributed by atoms with E-state index in [1.54, 1.807) is 55.9 Å². The summed E-state index contributed by atoms with van der Waals surface area (Å²) < 4.78 is 23.9. The first-order valence-electron chi connectivity index (χ1n) is 30.2. The molecule has 2 aromatic carbocycles. The first kappa shape index (κ1) is 59.7. The van der Waals surface area contributed by atoms with Crippen LogP contribution < -0.4 is 5.46 Å². The van der Waals surface area contributed by atoms with Crippen LogP contribution in [-0.4, -0.2) is 176 Å². The Labute approximate surface area is 528 Å². The summed E-state index contributed by atoms with van der Waals surface area (Å²) in [5.74, 6) is 1.33. The van der Waals surface area contributed by atoms with Crippen molar-refractivity contribution in [1.82, 2.24) is 119 Å². The van der Waals surface area contributed by atoms with Gasteiger partial charge in [0, 0.05) is 122 Å². The van der Waals surface area contributed by atoms with Crippen LogP contribution in [-0.2, 0) is 49.6 Å². The maximum Gasteiger partial charge on any atom is 0.498 e. The van der Waals surface area contributed by atoms with Crippen molar-refractivity contribution < 1.29 is 9.31 Å². The van der Waals surface area contributed by atoms with Gasteiger partial charge in [-0.3, -0.25) is 18.7 Å². The zero-order valence-electron chi connectivity index (χ0n) is 51.1. The first-order valence-corrected chi connectivity index (χ1v) is 30.9. The molecule has 0 spiro atoms. The van der Waals surface area contributed by atoms with Crippen molar-refractivity contribution in [2.45, 2.75) is 90.8 Å². The molecule has 28 heteroatoms. The van der Waals surface area contributed by atoms with Crippen molar-refractivity contribution in [3.8, 4) is 56.4 Å². The van der Waals surface area contributed by atoms with Crippen LogP contribution in [0.5, 0.6) is 0 Å². The molecule has 3 aliphatic heterocycles. The molecule has 0 N–H and O–H groups in total. The molecule has 0 saturated carbocycles. The largest absolute Gasteiger partial charge is 0.498 e. The number of aromatic nitrogens is 22. The van der Waals surface area contributed by atoms with Crippen molar-refractivity contribution in [3.05, 3.63) is 151 Å². The third-order valence-electron chi connectivity index (χ3n) is 16.6. The number of aryl methyl sites for hydroxylation is 2. The van der Waals surface area contributed by atoms with E-state index < -0.39 is 0 Å². The fourth-order valence-corrected chi connectivity index (χ4v) is 11.1. The van der Waals surface area contributed by atoms with Gasteiger partial charge in [-0.1, -0.05) is 46.8 Å². The number of nitrogens with zero attached hydrogens (tertiary/aromatic N) is 24. The van der Waals surface area contributed by atoms with Crippen LogP contribution in [0.15, 0.2) is 140 Å². The smallest absolute Gasteiger partial charge is 0.399 e. The molecule has 0 aliphatic carbocycles. The van der Waals surface area contributed by atoms with E-state index in [-0.39, 0.29) is 18.3 Å². The van der Waals surface area contributed by atoms with Gasteiger partial charge in [-0.05, 0) is 119 Å². The zero-order valence-corrected chi connectivity index (χ0v) is 52.7. The number of hydrogen-bond donors (Lipinski definition) is 0. The third-order valence-corrected chi connectivity index (χ3v) is 17.0. The minimum atomic E-state index is -0.310. The highest BCUT2D eigenvalue weighted by Crippen LogP contribution is 2.36. The van der Waals surface area contributed by atoms with Gasteiger partial charge in [0.15, 0.2) is 22.9 Å². The Hall–Kier alpha value is -9.22. The monoisotopic (exact) mass is 1270 g/mol. The molecule has 13 heterocycles. The second kappa shape index (κ2) is 26.1. The van der Waals surface area contributed by atoms with E-state index in [2.05, 4.69) is 143 Å². The maximum absolute atomic E-state index is 6.06. The summed E-state index contributed by atoms with van der Waals surface area (Å²) in [5, 5.41) is 34.2. The average Bonchev–Trinajstić information content (AvgIpc) is 1.77. The van der Waals surface area contributed by atoms with E-state index in [0.29, 0.717) is 47.3 Å². The highest BCUT2D eigenvalue weighted by Gasteiger charge is 2.52. The quantitative estimate of drug-likeness (QED) is 0.0862. The van der Waals surface area contributed by atoms with Gasteiger partial charge in [0.05, 0.1) is 84.2 Å². The average molecular weight is 1270 g/mol. The van der Waals surface area contributed by atoms with Crippen LogP contribution in [0.1, 0.15) is 64.5 Å². The molecule has 3 saturated heterocycles. The van der Waals surface area contributed by atoms with E-state index in [1.165, 1.54) is 51.9 Å². The van der Waals surface area contributed by atoms with Gasteiger partial charge >= 0.3 is 7.12 Å². The van der Waals surface area contributed by atoms with Crippen LogP contribution in [0.3, 0.4) is 0 Å². The van der Waals surface area contributed by atoms with Crippen molar-refractivity contribution in [2.75, 3.05) is 39.3 Å². The molecule has 0 amide bonds. The van der Waals surface area contributed by atoms with Crippen LogP contribution in [0.25, 0.3) is 79.0 Å². The first-order chi connectivity index (χ1) is 43.7. The fraction of sp³-hybridized carbons (Fsp3) is 0.355. The van der Waals surface area contributed by atoms with E-state index in [4.69, 9.17) is 19.3 Å². The number of fused-ring (bicyclic) bond motifs is 2. The highest BCUT2D eigenvalue weighted by atomic mass is 79.9. The minimum Gasteiger partial charge on any atom is -0.399 e. The SMILES string of the molecule is CC1(C)OB(c2cnn(CCN3CCCC3)c2)OC1(C)C.Cn1cc(-c2cnc3nnn(Cc4cccc(-c5ncc(-c6cnn(CCN7CCCC7)c6)cn5)c4)c3n2)cn1.Cn1cc(-c2cnc3nnn(Cc4cccc(-c5ncc(Br)cn5)c4)c3n2)cn1. The molecule has 0 unspecified atom stereocenters. The van der Waals surface area contributed by atoms with Crippen LogP contribution >= 0.6 is 15.9 Å². The lowest BCUT2D eigenvalue weighted by molar-refractivity contribution is 0.00578. The maximum atomic E-state index is 6.06. The predicted octanol–water partition coefficient (Wildman–Crippen LogP) is 7.25. The number of halogens is 1. The van der Waals surface area contributed by atoms with Gasteiger partial charge in [0.1, 0.15) is 0 Å². The van der Waals surface area contributed by atoms with Crippen molar-refractivity contribution in [3.63, 3.8) is 0 Å². The van der Waals surface area contributed by atoms with Gasteiger partial charge in [-0.15, -0.1) is 10.2 Å². The van der Waals surface area contributed by atoms with Gasteiger partial charge in [0.2, 0.25) is 11.3 Å². The van der Waals surface area contributed by atoms with Crippen molar-refractivity contribution >= 4 is 51.1 Å². The van der Waals surface area contributed by atoms with Crippen molar-refractivity contribution in [2.24, 2.45) is 14.1 Å². The number of benzene rings is 2. The van der Waals surface area contributed by atoms with Crippen LogP contribution in [0.4, 0.5) is 0 Å². The molecule has 458 valence electrons. The number of hydrogen-bond acceptors (Lipinski definition) is 20. The molecule has 0 radical (unpaired) electrons. The van der Waals surface area contributed by atoms with Gasteiger partial charge in [-0.2, -0.15) is 20.4 Å². The summed E-state index contributed by atoms with van der Waals surface area (Å²) in [6.07, 6.45) is 31.0. The summed E-state index contributed by atoms with van der Waals surface area (Å²) in [7, 11) is 3.43. The molecule has 26 nitrogen and oxygen atoms in total. The second-order valence-corrected chi connectivity index (χ2v) is 24.7. The van der Waals surface area contributed by atoms with Gasteiger partial charge in [-0.25, -0.2) is 49.2 Å². The molecule has 3 fully saturated rings. The molecule has 3 aliphatic rings. The molecule has 12 aromatic rings. The lowest BCUT2D eigenvalue weighted by Gasteiger charge is -2.32. The molecule has 0 bridgehead atoms. The molecule has 90 heavy (non-hydrogen) atoms. The number of rotatable bonds is 16. The summed E-state index contributed by atoms with van der Waals surface area (Å²) in [5.41, 5.74) is 11.8. The molecular weight excluding hydrogens is 1200 g/mol. The summed E-state index contributed by atoms with van der Waals surface area (Å²) in [6, 6.07) is 16.1. The Kier molecular flexibility index (Phi) is 17.3. The molecule has 0 atom stereocenters. The Morgan fingerprint density at radius 2 is 0.944 bits per heavy atom. The predicted molar refractivity (Wildman–Crippen MR) is 342 cm³/mol. The van der Waals surface area contributed by atoms with Gasteiger partial charge in [0.25, 0.3) is 0 Å². The Morgan fingerprint density at radius 3 is 1.43 bits per heavy atom. The Bertz CT molecular complexity index is 4370. The standard InChI is InChI=1S/C28H28N12.C19H14BrN9.C15H26BN3O2/c1-37-18-24(15-32-37)25-16-31-27-28(34-25)40(36-35-27)17-20-5-4-6-21(11-20)26-29-12-22(13-30-26)23-14-33-39(19-23)10-9-38-7-2-3-8-38;1-28-11-14(6-24-28)16-9-23-18-19(25-16)29(27-26-18)10-12-3-2-4-13(5-12)17-21-7-15(20)8-22-17;1-14(2)15(3,4)21-16(20-14)13-11-17-19(12-13)10-9-18-7-5-6-8-18/h4-6,11-16,18-19H,2-3,7-10,17H2,1H3;2-9,11H,10H2,1H3;11-12H,5-10H2,1-4H3. The van der Waals surface area contributed by atoms with E-state index in [1.807, 2.05) is 103 Å². The van der Waals surface area contributed by atoms with Crippen LogP contribution in [0, 0.1) is 0 Å². The fourth-order valence-electron chi connectivity index (χ4n) is 10.9. The lowest BCUT2D eigenvalue weighted by Crippen LogP contribution is -2.41. The normalized spacial score (nSPS) is 15.6. The van der Waals surface area contributed by atoms with E-state index in [0.717, 1.165) is 92.0 Å². The summed E-state index contributed by atoms with van der Waals surface area (Å²) >= 11 is 3.36. The molecule has 15 rings (SSSR count). The van der Waals surface area contributed by atoms with E-state index in [9.17, 15) is 0 Å². The zero-order chi connectivity index (χ0) is 61.8. The Morgan fingerprint density at radius 1 is 0.478 bits per heavy atom. The summed E-state index contributed by atoms with van der Waals surface area (Å²) in [6.45, 7) is 18.1. The minimum absolute atomic E-state index is 0.296. The highest BCUT2D eigenvalue weighted by molar-refractivity contribution is 9.10. The molecule has 10 aromatic heterocycles. The second-order valence-electron chi connectivity index (χ2n) is 23.7. The van der Waals surface area contributed by atoms with Crippen molar-refractivity contribution in [1.29, 1.82) is 0 Å². The number of likely N-dealkylation sites (tertiary alicyclic amines) is 2. The van der Waals surface area contributed by atoms with E-state index >= 15 is 0 Å². The molecular formula is C62H68BBrN24O2.